The summed E-state index contributed by atoms with van der Waals surface area (Å²) in [5.41, 5.74) is 0.877. The highest BCUT2D eigenvalue weighted by atomic mass is 16.5. The molecule has 0 fully saturated rings. The number of aliphatic hydroxyl groups is 1. The lowest BCUT2D eigenvalue weighted by Gasteiger charge is -1.97. The van der Waals surface area contributed by atoms with E-state index in [1.54, 1.807) is 14.0 Å². The van der Waals surface area contributed by atoms with Crippen LogP contribution in [-0.2, 0) is 0 Å². The van der Waals surface area contributed by atoms with Crippen molar-refractivity contribution in [3.05, 3.63) is 29.8 Å². The molecule has 13 heavy (non-hydrogen) atoms. The highest BCUT2D eigenvalue weighted by Gasteiger charge is 1.90. The highest BCUT2D eigenvalue weighted by Crippen LogP contribution is 2.09. The zero-order chi connectivity index (χ0) is 9.68. The topological polar surface area (TPSA) is 29.5 Å². The van der Waals surface area contributed by atoms with Gasteiger partial charge in [0.15, 0.2) is 0 Å². The van der Waals surface area contributed by atoms with Gasteiger partial charge in [0.2, 0.25) is 0 Å². The molecule has 0 saturated heterocycles. The van der Waals surface area contributed by atoms with Gasteiger partial charge in [-0.05, 0) is 31.2 Å². The lowest BCUT2D eigenvalue weighted by atomic mass is 10.2. The Morgan fingerprint density at radius 2 is 1.92 bits per heavy atom. The number of aliphatic hydroxyl groups excluding tert-OH is 1. The number of ether oxygens (including phenoxy) is 1. The number of rotatable bonds is 1. The number of hydrogen-bond acceptors (Lipinski definition) is 2. The van der Waals surface area contributed by atoms with Crippen LogP contribution >= 0.6 is 0 Å². The van der Waals surface area contributed by atoms with Crippen LogP contribution in [0, 0.1) is 11.8 Å². The average molecular weight is 176 g/mol. The van der Waals surface area contributed by atoms with Crippen LogP contribution in [0.15, 0.2) is 24.3 Å². The van der Waals surface area contributed by atoms with Crippen molar-refractivity contribution >= 4 is 0 Å². The molecule has 0 aliphatic heterocycles. The van der Waals surface area contributed by atoms with Gasteiger partial charge < -0.3 is 9.84 Å². The molecule has 0 amide bonds. The Hall–Kier alpha value is -1.46. The van der Waals surface area contributed by atoms with E-state index in [1.165, 1.54) is 0 Å². The van der Waals surface area contributed by atoms with E-state index in [4.69, 9.17) is 9.84 Å². The summed E-state index contributed by atoms with van der Waals surface area (Å²) in [6.45, 7) is 1.64. The predicted molar refractivity (Wildman–Crippen MR) is 51.6 cm³/mol. The van der Waals surface area contributed by atoms with Gasteiger partial charge in [-0.15, -0.1) is 0 Å². The van der Waals surface area contributed by atoms with Crippen molar-refractivity contribution in [1.29, 1.82) is 0 Å². The molecule has 0 aromatic heterocycles. The summed E-state index contributed by atoms with van der Waals surface area (Å²) < 4.78 is 5.00. The fraction of sp³-hybridized carbons (Fsp3) is 0.273. The Kier molecular flexibility index (Phi) is 3.36. The molecule has 0 saturated carbocycles. The van der Waals surface area contributed by atoms with Gasteiger partial charge in [0.1, 0.15) is 11.9 Å². The summed E-state index contributed by atoms with van der Waals surface area (Å²) in [5, 5.41) is 8.92. The molecule has 0 radical (unpaired) electrons. The molecule has 0 bridgehead atoms. The second kappa shape index (κ2) is 4.54. The molecular formula is C11H12O2. The minimum absolute atomic E-state index is 0.581. The molecule has 2 nitrogen and oxygen atoms in total. The van der Waals surface area contributed by atoms with Crippen LogP contribution in [0.2, 0.25) is 0 Å². The summed E-state index contributed by atoms with van der Waals surface area (Å²) in [5.74, 6) is 6.31. The van der Waals surface area contributed by atoms with Crippen LogP contribution in [0.5, 0.6) is 5.75 Å². The molecule has 1 rings (SSSR count). The summed E-state index contributed by atoms with van der Waals surface area (Å²) in [4.78, 5) is 0. The number of hydrogen-bond donors (Lipinski definition) is 1. The van der Waals surface area contributed by atoms with Crippen molar-refractivity contribution in [2.24, 2.45) is 0 Å². The van der Waals surface area contributed by atoms with E-state index in [0.717, 1.165) is 11.3 Å². The number of methoxy groups -OCH3 is 1. The molecule has 1 aromatic carbocycles. The molecule has 0 spiro atoms. The van der Waals surface area contributed by atoms with Gasteiger partial charge in [-0.1, -0.05) is 11.8 Å². The summed E-state index contributed by atoms with van der Waals surface area (Å²) in [7, 11) is 1.62. The molecule has 1 atom stereocenters. The van der Waals surface area contributed by atoms with Crippen molar-refractivity contribution in [3.8, 4) is 17.6 Å². The fourth-order valence-corrected chi connectivity index (χ4v) is 0.862. The Labute approximate surface area is 78.2 Å². The van der Waals surface area contributed by atoms with E-state index in [9.17, 15) is 0 Å². The second-order valence-corrected chi connectivity index (χ2v) is 2.67. The minimum Gasteiger partial charge on any atom is -0.497 e. The lowest BCUT2D eigenvalue weighted by molar-refractivity contribution is 0.253. The molecule has 68 valence electrons. The summed E-state index contributed by atoms with van der Waals surface area (Å²) in [6, 6.07) is 7.39. The smallest absolute Gasteiger partial charge is 0.118 e. The van der Waals surface area contributed by atoms with Gasteiger partial charge in [0.25, 0.3) is 0 Å². The third kappa shape index (κ3) is 3.18. The quantitative estimate of drug-likeness (QED) is 0.656. The summed E-state index contributed by atoms with van der Waals surface area (Å²) >= 11 is 0. The zero-order valence-electron chi connectivity index (χ0n) is 7.74. The Morgan fingerprint density at radius 1 is 1.31 bits per heavy atom. The second-order valence-electron chi connectivity index (χ2n) is 2.67. The Bertz CT molecular complexity index is 314. The van der Waals surface area contributed by atoms with Crippen LogP contribution in [0.1, 0.15) is 12.5 Å². The fourth-order valence-electron chi connectivity index (χ4n) is 0.862. The largest absolute Gasteiger partial charge is 0.497 e. The van der Waals surface area contributed by atoms with Crippen LogP contribution in [0.3, 0.4) is 0 Å². The first-order valence-electron chi connectivity index (χ1n) is 4.06. The molecule has 2 heteroatoms. The van der Waals surface area contributed by atoms with E-state index in [1.807, 2.05) is 24.3 Å². The molecule has 1 N–H and O–H groups in total. The molecule has 0 heterocycles. The van der Waals surface area contributed by atoms with E-state index >= 15 is 0 Å². The summed E-state index contributed by atoms with van der Waals surface area (Å²) in [6.07, 6.45) is -0.581. The lowest BCUT2D eigenvalue weighted by Crippen LogP contribution is -1.92. The molecule has 0 aliphatic rings. The van der Waals surface area contributed by atoms with E-state index in [-0.39, 0.29) is 0 Å². The first-order chi connectivity index (χ1) is 6.22. The standard InChI is InChI=1S/C11H12O2/c1-9(12)3-4-10-5-7-11(13-2)8-6-10/h5-9,12H,1-2H3/t9-/m0/s1. The minimum atomic E-state index is -0.581. The highest BCUT2D eigenvalue weighted by molar-refractivity contribution is 5.38. The van der Waals surface area contributed by atoms with Crippen molar-refractivity contribution in [1.82, 2.24) is 0 Å². The average Bonchev–Trinajstić information content (AvgIpc) is 2.15. The third-order valence-electron chi connectivity index (χ3n) is 1.52. The first kappa shape index (κ1) is 9.63. The van der Waals surface area contributed by atoms with Crippen molar-refractivity contribution in [2.45, 2.75) is 13.0 Å². The molecular weight excluding hydrogens is 164 g/mol. The maximum atomic E-state index is 8.92. The maximum absolute atomic E-state index is 8.92. The van der Waals surface area contributed by atoms with Crippen molar-refractivity contribution in [2.75, 3.05) is 7.11 Å². The van der Waals surface area contributed by atoms with Crippen LogP contribution < -0.4 is 4.74 Å². The Morgan fingerprint density at radius 3 is 2.38 bits per heavy atom. The number of benzene rings is 1. The zero-order valence-corrected chi connectivity index (χ0v) is 7.74. The maximum Gasteiger partial charge on any atom is 0.118 e. The van der Waals surface area contributed by atoms with E-state index in [0.29, 0.717) is 0 Å². The van der Waals surface area contributed by atoms with Crippen LogP contribution in [-0.4, -0.2) is 18.3 Å². The van der Waals surface area contributed by atoms with Gasteiger partial charge in [-0.2, -0.15) is 0 Å². The van der Waals surface area contributed by atoms with Crippen LogP contribution in [0.4, 0.5) is 0 Å². The normalized spacial score (nSPS) is 11.3. The van der Waals surface area contributed by atoms with Crippen LogP contribution in [0.25, 0.3) is 0 Å². The predicted octanol–water partition coefficient (Wildman–Crippen LogP) is 1.43. The van der Waals surface area contributed by atoms with E-state index < -0.39 is 6.10 Å². The molecule has 0 aliphatic carbocycles. The van der Waals surface area contributed by atoms with Gasteiger partial charge >= 0.3 is 0 Å². The SMILES string of the molecule is COc1ccc(C#C[C@H](C)O)cc1. The van der Waals surface area contributed by atoms with Gasteiger partial charge in [-0.3, -0.25) is 0 Å². The van der Waals surface area contributed by atoms with Gasteiger partial charge in [0.05, 0.1) is 7.11 Å². The molecule has 0 unspecified atom stereocenters. The third-order valence-corrected chi connectivity index (χ3v) is 1.52. The molecule has 1 aromatic rings. The Balaban J connectivity index is 2.77. The first-order valence-corrected chi connectivity index (χ1v) is 4.06. The van der Waals surface area contributed by atoms with E-state index in [2.05, 4.69) is 11.8 Å². The van der Waals surface area contributed by atoms with Gasteiger partial charge in [0, 0.05) is 5.56 Å². The monoisotopic (exact) mass is 176 g/mol. The van der Waals surface area contributed by atoms with Gasteiger partial charge in [-0.25, -0.2) is 0 Å². The van der Waals surface area contributed by atoms with Crippen molar-refractivity contribution < 1.29 is 9.84 Å². The van der Waals surface area contributed by atoms with Crippen molar-refractivity contribution in [3.63, 3.8) is 0 Å².